The van der Waals surface area contributed by atoms with E-state index >= 15 is 0 Å². The van der Waals surface area contributed by atoms with Gasteiger partial charge in [0.2, 0.25) is 0 Å². The number of morpholine rings is 1. The molecule has 1 saturated heterocycles. The SMILES string of the molecule is O=c1[nH]c2cc3c(cc2cc1CN1CCOCC1)CCNC3. The molecule has 0 unspecified atom stereocenters. The van der Waals surface area contributed by atoms with E-state index in [0.717, 1.165) is 62.3 Å². The van der Waals surface area contributed by atoms with Crippen molar-refractivity contribution in [3.63, 3.8) is 0 Å². The molecule has 4 rings (SSSR count). The summed E-state index contributed by atoms with van der Waals surface area (Å²) in [7, 11) is 0. The molecule has 2 aromatic rings. The summed E-state index contributed by atoms with van der Waals surface area (Å²) in [5, 5.41) is 4.52. The van der Waals surface area contributed by atoms with Gasteiger partial charge in [-0.3, -0.25) is 9.69 Å². The number of nitrogens with zero attached hydrogens (tertiary/aromatic N) is 1. The summed E-state index contributed by atoms with van der Waals surface area (Å²) in [5.74, 6) is 0. The van der Waals surface area contributed by atoms with Crippen LogP contribution in [-0.2, 0) is 24.2 Å². The van der Waals surface area contributed by atoms with Crippen molar-refractivity contribution in [3.8, 4) is 0 Å². The van der Waals surface area contributed by atoms with Crippen LogP contribution >= 0.6 is 0 Å². The van der Waals surface area contributed by atoms with E-state index in [4.69, 9.17) is 4.74 Å². The second kappa shape index (κ2) is 5.83. The zero-order chi connectivity index (χ0) is 14.9. The minimum Gasteiger partial charge on any atom is -0.379 e. The molecule has 2 aliphatic heterocycles. The Morgan fingerprint density at radius 1 is 1.14 bits per heavy atom. The van der Waals surface area contributed by atoms with Crippen LogP contribution in [0.5, 0.6) is 0 Å². The van der Waals surface area contributed by atoms with E-state index in [0.29, 0.717) is 6.54 Å². The van der Waals surface area contributed by atoms with E-state index in [1.165, 1.54) is 11.1 Å². The number of rotatable bonds is 2. The van der Waals surface area contributed by atoms with Crippen LogP contribution in [0.25, 0.3) is 10.9 Å². The van der Waals surface area contributed by atoms with Crippen LogP contribution < -0.4 is 10.9 Å². The van der Waals surface area contributed by atoms with Crippen molar-refractivity contribution < 1.29 is 4.74 Å². The molecule has 5 nitrogen and oxygen atoms in total. The normalized spacial score (nSPS) is 19.3. The summed E-state index contributed by atoms with van der Waals surface area (Å²) in [5.41, 5.74) is 4.52. The van der Waals surface area contributed by atoms with Crippen molar-refractivity contribution in [1.29, 1.82) is 0 Å². The Morgan fingerprint density at radius 2 is 2.00 bits per heavy atom. The number of pyridine rings is 1. The van der Waals surface area contributed by atoms with E-state index in [1.807, 2.05) is 0 Å². The minimum absolute atomic E-state index is 0.0303. The first-order chi connectivity index (χ1) is 10.8. The maximum atomic E-state index is 12.3. The fraction of sp³-hybridized carbons (Fsp3) is 0.471. The lowest BCUT2D eigenvalue weighted by atomic mass is 9.98. The monoisotopic (exact) mass is 299 g/mol. The first-order valence-corrected chi connectivity index (χ1v) is 7.98. The van der Waals surface area contributed by atoms with Crippen molar-refractivity contribution in [3.05, 3.63) is 45.2 Å². The topological polar surface area (TPSA) is 57.4 Å². The molecule has 2 aliphatic rings. The number of nitrogens with one attached hydrogen (secondary N) is 2. The Morgan fingerprint density at radius 3 is 2.86 bits per heavy atom. The molecule has 5 heteroatoms. The number of ether oxygens (including phenoxy) is 1. The molecule has 2 N–H and O–H groups in total. The Kier molecular flexibility index (Phi) is 3.70. The largest absolute Gasteiger partial charge is 0.379 e. The number of benzene rings is 1. The Hall–Kier alpha value is -1.69. The van der Waals surface area contributed by atoms with E-state index in [-0.39, 0.29) is 5.56 Å². The van der Waals surface area contributed by atoms with Gasteiger partial charge in [-0.2, -0.15) is 0 Å². The molecular formula is C17H21N3O2. The van der Waals surface area contributed by atoms with E-state index in [9.17, 15) is 4.79 Å². The molecule has 22 heavy (non-hydrogen) atoms. The van der Waals surface area contributed by atoms with Gasteiger partial charge < -0.3 is 15.0 Å². The molecule has 0 bridgehead atoms. The maximum Gasteiger partial charge on any atom is 0.252 e. The highest BCUT2D eigenvalue weighted by Gasteiger charge is 2.15. The Balaban J connectivity index is 1.70. The summed E-state index contributed by atoms with van der Waals surface area (Å²) in [6.45, 7) is 5.93. The van der Waals surface area contributed by atoms with Gasteiger partial charge in [-0.15, -0.1) is 0 Å². The summed E-state index contributed by atoms with van der Waals surface area (Å²) >= 11 is 0. The summed E-state index contributed by atoms with van der Waals surface area (Å²) in [4.78, 5) is 17.7. The first kappa shape index (κ1) is 13.9. The fourth-order valence-corrected chi connectivity index (χ4v) is 3.35. The molecule has 0 saturated carbocycles. The highest BCUT2D eigenvalue weighted by Crippen LogP contribution is 2.21. The van der Waals surface area contributed by atoms with Gasteiger partial charge in [0, 0.05) is 37.3 Å². The lowest BCUT2D eigenvalue weighted by Crippen LogP contribution is -2.37. The van der Waals surface area contributed by atoms with Gasteiger partial charge in [-0.05, 0) is 47.7 Å². The van der Waals surface area contributed by atoms with Crippen LogP contribution in [0, 0.1) is 0 Å². The predicted molar refractivity (Wildman–Crippen MR) is 86.1 cm³/mol. The van der Waals surface area contributed by atoms with Crippen molar-refractivity contribution in [2.24, 2.45) is 0 Å². The zero-order valence-corrected chi connectivity index (χ0v) is 12.7. The molecular weight excluding hydrogens is 278 g/mol. The van der Waals surface area contributed by atoms with Crippen LogP contribution in [0.3, 0.4) is 0 Å². The summed E-state index contributed by atoms with van der Waals surface area (Å²) in [6, 6.07) is 6.42. The fourth-order valence-electron chi connectivity index (χ4n) is 3.35. The predicted octanol–water partition coefficient (Wildman–Crippen LogP) is 1.01. The Labute approximate surface area is 129 Å². The standard InChI is InChI=1S/C17H21N3O2/c21-17-15(11-20-3-5-22-6-4-20)8-13-7-12-1-2-18-10-14(12)9-16(13)19-17/h7-9,18H,1-6,10-11H2,(H,19,21). The average molecular weight is 299 g/mol. The first-order valence-electron chi connectivity index (χ1n) is 7.98. The number of hydrogen-bond donors (Lipinski definition) is 2. The highest BCUT2D eigenvalue weighted by molar-refractivity contribution is 5.81. The van der Waals surface area contributed by atoms with Crippen molar-refractivity contribution in [1.82, 2.24) is 15.2 Å². The van der Waals surface area contributed by atoms with E-state index in [1.54, 1.807) is 0 Å². The summed E-state index contributed by atoms with van der Waals surface area (Å²) in [6.07, 6.45) is 1.06. The third-order valence-corrected chi connectivity index (χ3v) is 4.63. The second-order valence-corrected chi connectivity index (χ2v) is 6.15. The van der Waals surface area contributed by atoms with Gasteiger partial charge in [0.25, 0.3) is 5.56 Å². The molecule has 0 atom stereocenters. The number of H-pyrrole nitrogens is 1. The van der Waals surface area contributed by atoms with Gasteiger partial charge >= 0.3 is 0 Å². The molecule has 0 radical (unpaired) electrons. The molecule has 116 valence electrons. The van der Waals surface area contributed by atoms with Crippen LogP contribution in [0.15, 0.2) is 23.0 Å². The molecule has 0 aliphatic carbocycles. The highest BCUT2D eigenvalue weighted by atomic mass is 16.5. The van der Waals surface area contributed by atoms with E-state index < -0.39 is 0 Å². The van der Waals surface area contributed by atoms with Crippen LogP contribution in [0.2, 0.25) is 0 Å². The number of hydrogen-bond acceptors (Lipinski definition) is 4. The maximum absolute atomic E-state index is 12.3. The quantitative estimate of drug-likeness (QED) is 0.869. The molecule has 3 heterocycles. The Bertz CT molecular complexity index is 747. The van der Waals surface area contributed by atoms with Crippen molar-refractivity contribution in [2.75, 3.05) is 32.8 Å². The third kappa shape index (κ3) is 2.67. The lowest BCUT2D eigenvalue weighted by Gasteiger charge is -2.26. The van der Waals surface area contributed by atoms with E-state index in [2.05, 4.69) is 33.4 Å². The number of aromatic nitrogens is 1. The molecule has 0 spiro atoms. The third-order valence-electron chi connectivity index (χ3n) is 4.63. The zero-order valence-electron chi connectivity index (χ0n) is 12.7. The molecule has 1 aromatic heterocycles. The summed E-state index contributed by atoms with van der Waals surface area (Å²) < 4.78 is 5.37. The second-order valence-electron chi connectivity index (χ2n) is 6.15. The number of fused-ring (bicyclic) bond motifs is 2. The van der Waals surface area contributed by atoms with Gasteiger partial charge in [0.05, 0.1) is 13.2 Å². The molecule has 0 amide bonds. The molecule has 1 fully saturated rings. The van der Waals surface area contributed by atoms with Crippen molar-refractivity contribution in [2.45, 2.75) is 19.5 Å². The van der Waals surface area contributed by atoms with Crippen molar-refractivity contribution >= 4 is 10.9 Å². The lowest BCUT2D eigenvalue weighted by molar-refractivity contribution is 0.0340. The molecule has 1 aromatic carbocycles. The minimum atomic E-state index is 0.0303. The number of aromatic amines is 1. The van der Waals surface area contributed by atoms with Gasteiger partial charge in [-0.1, -0.05) is 0 Å². The van der Waals surface area contributed by atoms with Gasteiger partial charge in [-0.25, -0.2) is 0 Å². The van der Waals surface area contributed by atoms with Crippen LogP contribution in [0.1, 0.15) is 16.7 Å². The van der Waals surface area contributed by atoms with Gasteiger partial charge in [0.15, 0.2) is 0 Å². The smallest absolute Gasteiger partial charge is 0.252 e. The van der Waals surface area contributed by atoms with Crippen LogP contribution in [0.4, 0.5) is 0 Å². The van der Waals surface area contributed by atoms with Crippen LogP contribution in [-0.4, -0.2) is 42.7 Å². The van der Waals surface area contributed by atoms with Gasteiger partial charge in [0.1, 0.15) is 0 Å². The average Bonchev–Trinajstić information content (AvgIpc) is 2.55.